The number of carbonyl (C=O) groups is 1. The molecule has 0 spiro atoms. The number of nitrogens with one attached hydrogen (secondary N) is 1. The van der Waals surface area contributed by atoms with Gasteiger partial charge in [-0.05, 0) is 36.8 Å². The van der Waals surface area contributed by atoms with Gasteiger partial charge in [0.05, 0.1) is 5.92 Å². The van der Waals surface area contributed by atoms with Crippen molar-refractivity contribution in [1.29, 1.82) is 0 Å². The van der Waals surface area contributed by atoms with E-state index in [9.17, 15) is 4.79 Å². The molecule has 1 saturated carbocycles. The fraction of sp³-hybridized carbons (Fsp3) is 0.500. The summed E-state index contributed by atoms with van der Waals surface area (Å²) in [6, 6.07) is 7.96. The number of amides is 1. The highest BCUT2D eigenvalue weighted by atomic mass is 16.5. The van der Waals surface area contributed by atoms with Crippen molar-refractivity contribution in [3.8, 4) is 5.75 Å². The number of carbonyl (C=O) groups excluding carboxylic acids is 1. The van der Waals surface area contributed by atoms with Crippen LogP contribution in [-0.4, -0.2) is 19.1 Å². The van der Waals surface area contributed by atoms with Crippen LogP contribution in [0, 0.1) is 11.8 Å². The van der Waals surface area contributed by atoms with Crippen molar-refractivity contribution in [2.45, 2.75) is 19.3 Å². The average Bonchev–Trinajstić information content (AvgIpc) is 3.19. The molecular weight excluding hydrogens is 214 g/mol. The minimum Gasteiger partial charge on any atom is -0.492 e. The van der Waals surface area contributed by atoms with Crippen molar-refractivity contribution >= 4 is 5.91 Å². The molecule has 3 heteroatoms. The maximum absolute atomic E-state index is 11.9. The summed E-state index contributed by atoms with van der Waals surface area (Å²) < 4.78 is 5.62. The van der Waals surface area contributed by atoms with Gasteiger partial charge in [0.2, 0.25) is 5.91 Å². The van der Waals surface area contributed by atoms with E-state index in [0.717, 1.165) is 30.2 Å². The van der Waals surface area contributed by atoms with E-state index in [1.165, 1.54) is 12.8 Å². The van der Waals surface area contributed by atoms with Gasteiger partial charge < -0.3 is 10.1 Å². The normalized spacial score (nSPS) is 22.5. The van der Waals surface area contributed by atoms with Crippen molar-refractivity contribution in [3.63, 3.8) is 0 Å². The summed E-state index contributed by atoms with van der Waals surface area (Å²) in [6.07, 6.45) is 3.33. The highest BCUT2D eigenvalue weighted by Crippen LogP contribution is 2.29. The van der Waals surface area contributed by atoms with Crippen LogP contribution in [0.3, 0.4) is 0 Å². The molecule has 1 aliphatic heterocycles. The Balaban J connectivity index is 1.60. The van der Waals surface area contributed by atoms with Gasteiger partial charge in [-0.1, -0.05) is 18.2 Å². The molecule has 2 aliphatic rings. The first-order valence-electron chi connectivity index (χ1n) is 6.31. The van der Waals surface area contributed by atoms with E-state index in [4.69, 9.17) is 4.74 Å². The van der Waals surface area contributed by atoms with Crippen LogP contribution in [0.4, 0.5) is 0 Å². The maximum atomic E-state index is 11.9. The largest absolute Gasteiger partial charge is 0.492 e. The zero-order chi connectivity index (χ0) is 11.7. The summed E-state index contributed by atoms with van der Waals surface area (Å²) in [4.78, 5) is 11.9. The molecule has 3 rings (SSSR count). The lowest BCUT2D eigenvalue weighted by molar-refractivity contribution is -0.126. The lowest BCUT2D eigenvalue weighted by Gasteiger charge is -2.24. The van der Waals surface area contributed by atoms with E-state index < -0.39 is 0 Å². The van der Waals surface area contributed by atoms with Gasteiger partial charge in [0.15, 0.2) is 0 Å². The summed E-state index contributed by atoms with van der Waals surface area (Å²) in [5, 5.41) is 3.03. The van der Waals surface area contributed by atoms with Gasteiger partial charge in [-0.15, -0.1) is 0 Å². The van der Waals surface area contributed by atoms with Gasteiger partial charge in [-0.25, -0.2) is 0 Å². The average molecular weight is 231 g/mol. The fourth-order valence-corrected chi connectivity index (χ4v) is 2.21. The second-order valence-electron chi connectivity index (χ2n) is 5.01. The molecule has 1 heterocycles. The SMILES string of the molecule is O=C(NCC1CC1)C1COc2ccccc2C1. The molecule has 17 heavy (non-hydrogen) atoms. The Kier molecular flexibility index (Phi) is 2.75. The fourth-order valence-electron chi connectivity index (χ4n) is 2.21. The second-order valence-corrected chi connectivity index (χ2v) is 5.01. The molecule has 0 saturated heterocycles. The lowest BCUT2D eigenvalue weighted by atomic mass is 9.96. The van der Waals surface area contributed by atoms with Crippen LogP contribution in [0.15, 0.2) is 24.3 Å². The third kappa shape index (κ3) is 2.43. The Morgan fingerprint density at radius 1 is 1.35 bits per heavy atom. The Morgan fingerprint density at radius 3 is 3.00 bits per heavy atom. The number of para-hydroxylation sites is 1. The summed E-state index contributed by atoms with van der Waals surface area (Å²) >= 11 is 0. The van der Waals surface area contributed by atoms with Crippen LogP contribution in [0.2, 0.25) is 0 Å². The Morgan fingerprint density at radius 2 is 2.18 bits per heavy atom. The molecule has 0 bridgehead atoms. The first kappa shape index (κ1) is 10.6. The molecule has 90 valence electrons. The van der Waals surface area contributed by atoms with Crippen molar-refractivity contribution in [3.05, 3.63) is 29.8 Å². The monoisotopic (exact) mass is 231 g/mol. The number of hydrogen-bond acceptors (Lipinski definition) is 2. The molecular formula is C14H17NO2. The smallest absolute Gasteiger partial charge is 0.226 e. The molecule has 0 aromatic heterocycles. The number of hydrogen-bond donors (Lipinski definition) is 1. The molecule has 1 unspecified atom stereocenters. The molecule has 3 nitrogen and oxygen atoms in total. The third-order valence-corrected chi connectivity index (χ3v) is 3.51. The predicted molar refractivity (Wildman–Crippen MR) is 64.9 cm³/mol. The maximum Gasteiger partial charge on any atom is 0.226 e. The van der Waals surface area contributed by atoms with Crippen LogP contribution < -0.4 is 10.1 Å². The highest BCUT2D eigenvalue weighted by Gasteiger charge is 2.27. The zero-order valence-corrected chi connectivity index (χ0v) is 9.82. The summed E-state index contributed by atoms with van der Waals surface area (Å²) in [7, 11) is 0. The van der Waals surface area contributed by atoms with Crippen LogP contribution in [-0.2, 0) is 11.2 Å². The first-order chi connectivity index (χ1) is 8.33. The van der Waals surface area contributed by atoms with E-state index in [0.29, 0.717) is 6.61 Å². The van der Waals surface area contributed by atoms with Gasteiger partial charge in [0.25, 0.3) is 0 Å². The number of benzene rings is 1. The number of rotatable bonds is 3. The highest BCUT2D eigenvalue weighted by molar-refractivity contribution is 5.79. The molecule has 1 amide bonds. The first-order valence-corrected chi connectivity index (χ1v) is 6.31. The topological polar surface area (TPSA) is 38.3 Å². The van der Waals surface area contributed by atoms with Crippen molar-refractivity contribution < 1.29 is 9.53 Å². The van der Waals surface area contributed by atoms with Gasteiger partial charge in [-0.3, -0.25) is 4.79 Å². The minimum absolute atomic E-state index is 0.0244. The van der Waals surface area contributed by atoms with Crippen molar-refractivity contribution in [2.75, 3.05) is 13.2 Å². The van der Waals surface area contributed by atoms with E-state index in [-0.39, 0.29) is 11.8 Å². The van der Waals surface area contributed by atoms with Crippen LogP contribution >= 0.6 is 0 Å². The Bertz CT molecular complexity index is 426. The van der Waals surface area contributed by atoms with Crippen molar-refractivity contribution in [2.24, 2.45) is 11.8 Å². The quantitative estimate of drug-likeness (QED) is 0.861. The van der Waals surface area contributed by atoms with E-state index >= 15 is 0 Å². The Hall–Kier alpha value is -1.51. The zero-order valence-electron chi connectivity index (χ0n) is 9.82. The van der Waals surface area contributed by atoms with Gasteiger partial charge >= 0.3 is 0 Å². The predicted octanol–water partition coefficient (Wildman–Crippen LogP) is 1.76. The van der Waals surface area contributed by atoms with Crippen LogP contribution in [0.5, 0.6) is 5.75 Å². The summed E-state index contributed by atoms with van der Waals surface area (Å²) in [6.45, 7) is 1.35. The third-order valence-electron chi connectivity index (χ3n) is 3.51. The van der Waals surface area contributed by atoms with Gasteiger partial charge in [0.1, 0.15) is 12.4 Å². The number of ether oxygens (including phenoxy) is 1. The molecule has 1 aromatic carbocycles. The van der Waals surface area contributed by atoms with E-state index in [2.05, 4.69) is 5.32 Å². The summed E-state index contributed by atoms with van der Waals surface area (Å²) in [5.74, 6) is 1.78. The molecule has 1 N–H and O–H groups in total. The van der Waals surface area contributed by atoms with E-state index in [1.807, 2.05) is 24.3 Å². The molecule has 0 radical (unpaired) electrons. The molecule has 1 aromatic rings. The van der Waals surface area contributed by atoms with Crippen LogP contribution in [0.25, 0.3) is 0 Å². The van der Waals surface area contributed by atoms with E-state index in [1.54, 1.807) is 0 Å². The number of fused-ring (bicyclic) bond motifs is 1. The molecule has 1 aliphatic carbocycles. The van der Waals surface area contributed by atoms with Gasteiger partial charge in [0, 0.05) is 6.54 Å². The van der Waals surface area contributed by atoms with Gasteiger partial charge in [-0.2, -0.15) is 0 Å². The lowest BCUT2D eigenvalue weighted by Crippen LogP contribution is -2.38. The molecule has 1 atom stereocenters. The molecule has 1 fully saturated rings. The standard InChI is InChI=1S/C14H17NO2/c16-14(15-8-10-5-6-10)12-7-11-3-1-2-4-13(11)17-9-12/h1-4,10,12H,5-9H2,(H,15,16). The Labute approximate surface area is 101 Å². The minimum atomic E-state index is -0.0244. The van der Waals surface area contributed by atoms with Crippen LogP contribution in [0.1, 0.15) is 18.4 Å². The van der Waals surface area contributed by atoms with Crippen molar-refractivity contribution in [1.82, 2.24) is 5.32 Å². The summed E-state index contributed by atoms with van der Waals surface area (Å²) in [5.41, 5.74) is 1.14. The second kappa shape index (κ2) is 4.40.